The van der Waals surface area contributed by atoms with Crippen LogP contribution in [0, 0.1) is 6.92 Å². The minimum absolute atomic E-state index is 0.228. The fourth-order valence-electron chi connectivity index (χ4n) is 1.79. The van der Waals surface area contributed by atoms with Gasteiger partial charge in [0.15, 0.2) is 0 Å². The highest BCUT2D eigenvalue weighted by atomic mass is 32.1. The van der Waals surface area contributed by atoms with Crippen LogP contribution >= 0.6 is 11.3 Å². The third-order valence-corrected chi connectivity index (χ3v) is 4.04. The van der Waals surface area contributed by atoms with Gasteiger partial charge in [0.25, 0.3) is 0 Å². The van der Waals surface area contributed by atoms with Gasteiger partial charge in [-0.3, -0.25) is 0 Å². The topological polar surface area (TPSA) is 26.0 Å². The summed E-state index contributed by atoms with van der Waals surface area (Å²) >= 11 is 1.81. The molecule has 2 aromatic rings. The third kappa shape index (κ3) is 1.45. The Labute approximate surface area is 88.6 Å². The lowest BCUT2D eigenvalue weighted by atomic mass is 10.00. The van der Waals surface area contributed by atoms with E-state index in [1.165, 1.54) is 20.5 Å². The molecule has 0 spiro atoms. The number of hydrogen-bond donors (Lipinski definition) is 1. The maximum atomic E-state index is 6.13. The summed E-state index contributed by atoms with van der Waals surface area (Å²) in [6.45, 7) is 6.28. The second-order valence-corrected chi connectivity index (χ2v) is 5.33. The van der Waals surface area contributed by atoms with Crippen molar-refractivity contribution in [2.75, 3.05) is 0 Å². The van der Waals surface area contributed by atoms with Gasteiger partial charge in [0, 0.05) is 15.1 Å². The molecule has 0 amide bonds. The molecule has 2 rings (SSSR count). The number of rotatable bonds is 1. The Morgan fingerprint density at radius 3 is 2.43 bits per heavy atom. The van der Waals surface area contributed by atoms with Crippen LogP contribution in [-0.4, -0.2) is 0 Å². The number of fused-ring (bicyclic) bond motifs is 1. The lowest BCUT2D eigenvalue weighted by molar-refractivity contribution is 0.564. The van der Waals surface area contributed by atoms with Gasteiger partial charge in [-0.05, 0) is 37.8 Å². The Bertz CT molecular complexity index is 463. The molecule has 0 saturated heterocycles. The van der Waals surface area contributed by atoms with Crippen LogP contribution in [0.3, 0.4) is 0 Å². The van der Waals surface area contributed by atoms with Gasteiger partial charge in [-0.15, -0.1) is 11.3 Å². The van der Waals surface area contributed by atoms with E-state index in [-0.39, 0.29) is 5.54 Å². The Morgan fingerprint density at radius 2 is 1.86 bits per heavy atom. The largest absolute Gasteiger partial charge is 0.321 e. The molecule has 14 heavy (non-hydrogen) atoms. The van der Waals surface area contributed by atoms with Crippen LogP contribution in [-0.2, 0) is 5.54 Å². The van der Waals surface area contributed by atoms with Crippen LogP contribution in [0.2, 0.25) is 0 Å². The summed E-state index contributed by atoms with van der Waals surface area (Å²) in [7, 11) is 0. The fraction of sp³-hybridized carbons (Fsp3) is 0.333. The van der Waals surface area contributed by atoms with Crippen molar-refractivity contribution in [3.8, 4) is 0 Å². The highest BCUT2D eigenvalue weighted by molar-refractivity contribution is 7.19. The Hall–Kier alpha value is -0.860. The van der Waals surface area contributed by atoms with E-state index in [1.54, 1.807) is 11.3 Å². The molecule has 1 aromatic heterocycles. The quantitative estimate of drug-likeness (QED) is 0.758. The van der Waals surface area contributed by atoms with Crippen LogP contribution in [0.25, 0.3) is 10.1 Å². The summed E-state index contributed by atoms with van der Waals surface area (Å²) in [5.41, 5.74) is 7.24. The molecule has 0 aliphatic carbocycles. The predicted octanol–water partition coefficient (Wildman–Crippen LogP) is 3.40. The van der Waals surface area contributed by atoms with Gasteiger partial charge in [0.05, 0.1) is 0 Å². The van der Waals surface area contributed by atoms with E-state index >= 15 is 0 Å². The molecule has 2 N–H and O–H groups in total. The molecule has 0 bridgehead atoms. The van der Waals surface area contributed by atoms with Crippen molar-refractivity contribution in [3.63, 3.8) is 0 Å². The molecule has 0 aliphatic heterocycles. The number of aryl methyl sites for hydroxylation is 1. The molecular formula is C12H15NS. The van der Waals surface area contributed by atoms with Gasteiger partial charge in [0.1, 0.15) is 0 Å². The van der Waals surface area contributed by atoms with Crippen LogP contribution in [0.5, 0.6) is 0 Å². The standard InChI is InChI=1S/C12H15NS/c1-8-9-6-4-5-7-10(9)14-11(8)12(2,3)13/h4-7H,13H2,1-3H3. The van der Waals surface area contributed by atoms with Gasteiger partial charge in [0.2, 0.25) is 0 Å². The van der Waals surface area contributed by atoms with Gasteiger partial charge in [-0.25, -0.2) is 0 Å². The van der Waals surface area contributed by atoms with E-state index in [1.807, 2.05) is 0 Å². The molecule has 0 atom stereocenters. The zero-order chi connectivity index (χ0) is 10.3. The first-order valence-corrected chi connectivity index (χ1v) is 5.59. The Kier molecular flexibility index (Phi) is 2.13. The predicted molar refractivity (Wildman–Crippen MR) is 63.8 cm³/mol. The first kappa shape index (κ1) is 9.69. The molecule has 0 saturated carbocycles. The second kappa shape index (κ2) is 3.07. The van der Waals surface area contributed by atoms with Crippen molar-refractivity contribution < 1.29 is 0 Å². The molecule has 74 valence electrons. The maximum Gasteiger partial charge on any atom is 0.0449 e. The number of nitrogens with two attached hydrogens (primary N) is 1. The lowest BCUT2D eigenvalue weighted by Crippen LogP contribution is -2.28. The van der Waals surface area contributed by atoms with Crippen LogP contribution in [0.4, 0.5) is 0 Å². The molecule has 0 unspecified atom stereocenters. The maximum absolute atomic E-state index is 6.13. The second-order valence-electron chi connectivity index (χ2n) is 4.27. The fourth-order valence-corrected chi connectivity index (χ4v) is 3.01. The van der Waals surface area contributed by atoms with E-state index in [4.69, 9.17) is 5.73 Å². The molecule has 0 radical (unpaired) electrons. The number of thiophene rings is 1. The minimum atomic E-state index is -0.228. The molecule has 1 aromatic carbocycles. The van der Waals surface area contributed by atoms with Crippen LogP contribution in [0.1, 0.15) is 24.3 Å². The average molecular weight is 205 g/mol. The highest BCUT2D eigenvalue weighted by Gasteiger charge is 2.20. The Morgan fingerprint density at radius 1 is 1.21 bits per heavy atom. The summed E-state index contributed by atoms with van der Waals surface area (Å²) in [5.74, 6) is 0. The van der Waals surface area contributed by atoms with Crippen molar-refractivity contribution in [1.29, 1.82) is 0 Å². The smallest absolute Gasteiger partial charge is 0.0449 e. The molecule has 1 nitrogen and oxygen atoms in total. The highest BCUT2D eigenvalue weighted by Crippen LogP contribution is 2.35. The van der Waals surface area contributed by atoms with Crippen molar-refractivity contribution in [3.05, 3.63) is 34.7 Å². The molecular weight excluding hydrogens is 190 g/mol. The monoisotopic (exact) mass is 205 g/mol. The summed E-state index contributed by atoms with van der Waals surface area (Å²) in [4.78, 5) is 1.29. The molecule has 2 heteroatoms. The first-order valence-electron chi connectivity index (χ1n) is 4.77. The van der Waals surface area contributed by atoms with Crippen molar-refractivity contribution in [2.45, 2.75) is 26.3 Å². The summed E-state index contributed by atoms with van der Waals surface area (Å²) in [5, 5.41) is 1.34. The summed E-state index contributed by atoms with van der Waals surface area (Å²) < 4.78 is 1.33. The van der Waals surface area contributed by atoms with Crippen LogP contribution < -0.4 is 5.73 Å². The van der Waals surface area contributed by atoms with E-state index in [9.17, 15) is 0 Å². The SMILES string of the molecule is Cc1c(C(C)(C)N)sc2ccccc12. The Balaban J connectivity index is 2.75. The zero-order valence-corrected chi connectivity index (χ0v) is 9.61. The van der Waals surface area contributed by atoms with E-state index in [0.29, 0.717) is 0 Å². The van der Waals surface area contributed by atoms with Crippen molar-refractivity contribution in [1.82, 2.24) is 0 Å². The molecule has 0 fully saturated rings. The summed E-state index contributed by atoms with van der Waals surface area (Å²) in [6, 6.07) is 8.47. The average Bonchev–Trinajstić information content (AvgIpc) is 2.44. The summed E-state index contributed by atoms with van der Waals surface area (Å²) in [6.07, 6.45) is 0. The van der Waals surface area contributed by atoms with Gasteiger partial charge in [-0.2, -0.15) is 0 Å². The van der Waals surface area contributed by atoms with Crippen molar-refractivity contribution in [2.24, 2.45) is 5.73 Å². The molecule has 1 heterocycles. The third-order valence-electron chi connectivity index (χ3n) is 2.43. The van der Waals surface area contributed by atoms with Crippen molar-refractivity contribution >= 4 is 21.4 Å². The first-order chi connectivity index (χ1) is 6.50. The van der Waals surface area contributed by atoms with E-state index in [2.05, 4.69) is 45.0 Å². The lowest BCUT2D eigenvalue weighted by Gasteiger charge is -2.17. The normalized spacial score (nSPS) is 12.3. The van der Waals surface area contributed by atoms with E-state index < -0.39 is 0 Å². The van der Waals surface area contributed by atoms with Crippen LogP contribution in [0.15, 0.2) is 24.3 Å². The van der Waals surface area contributed by atoms with Gasteiger partial charge < -0.3 is 5.73 Å². The number of hydrogen-bond acceptors (Lipinski definition) is 2. The number of benzene rings is 1. The van der Waals surface area contributed by atoms with Gasteiger partial charge in [-0.1, -0.05) is 18.2 Å². The molecule has 0 aliphatic rings. The van der Waals surface area contributed by atoms with E-state index in [0.717, 1.165) is 0 Å². The van der Waals surface area contributed by atoms with Gasteiger partial charge >= 0.3 is 0 Å². The zero-order valence-electron chi connectivity index (χ0n) is 8.79. The minimum Gasteiger partial charge on any atom is -0.321 e.